The number of carbonyl (C=O) groups is 2. The van der Waals surface area contributed by atoms with Gasteiger partial charge in [-0.3, -0.25) is 9.52 Å². The van der Waals surface area contributed by atoms with E-state index >= 15 is 0 Å². The number of sulfonamides is 1. The van der Waals surface area contributed by atoms with Crippen molar-refractivity contribution >= 4 is 27.6 Å². The van der Waals surface area contributed by atoms with Crippen LogP contribution in [0.1, 0.15) is 29.8 Å². The van der Waals surface area contributed by atoms with Gasteiger partial charge in [0, 0.05) is 12.2 Å². The summed E-state index contributed by atoms with van der Waals surface area (Å²) in [6, 6.07) is 8.88. The molecule has 2 N–H and O–H groups in total. The summed E-state index contributed by atoms with van der Waals surface area (Å²) in [5.74, 6) is -1.77. The lowest BCUT2D eigenvalue weighted by molar-refractivity contribution is -0.128. The van der Waals surface area contributed by atoms with Crippen LogP contribution in [-0.2, 0) is 19.6 Å². The number of halogens is 1. The average molecular weight is 408 g/mol. The predicted molar refractivity (Wildman–Crippen MR) is 102 cm³/mol. The minimum Gasteiger partial charge on any atom is -0.449 e. The third kappa shape index (κ3) is 5.29. The summed E-state index contributed by atoms with van der Waals surface area (Å²) >= 11 is 0. The highest BCUT2D eigenvalue weighted by Crippen LogP contribution is 2.21. The molecule has 0 heterocycles. The Hall–Kier alpha value is -2.94. The highest BCUT2D eigenvalue weighted by Gasteiger charge is 2.22. The molecule has 0 radical (unpaired) electrons. The Bertz CT molecular complexity index is 974. The number of likely N-dealkylation sites (N-methyl/N-ethyl adjacent to an activating group) is 1. The van der Waals surface area contributed by atoms with Gasteiger partial charge >= 0.3 is 5.97 Å². The molecule has 0 saturated heterocycles. The summed E-state index contributed by atoms with van der Waals surface area (Å²) in [4.78, 5) is 23.9. The second kappa shape index (κ2) is 8.83. The Morgan fingerprint density at radius 3 is 2.39 bits per heavy atom. The molecule has 0 fully saturated rings. The first kappa shape index (κ1) is 21.4. The molecule has 7 nitrogen and oxygen atoms in total. The molecule has 0 unspecified atom stereocenters. The van der Waals surface area contributed by atoms with Gasteiger partial charge in [-0.25, -0.2) is 17.6 Å². The normalized spacial score (nSPS) is 12.1. The Labute approximate surface area is 163 Å². The number of amides is 1. The van der Waals surface area contributed by atoms with E-state index in [9.17, 15) is 22.4 Å². The van der Waals surface area contributed by atoms with Gasteiger partial charge in [0.2, 0.25) is 0 Å². The van der Waals surface area contributed by atoms with Crippen LogP contribution in [0.25, 0.3) is 0 Å². The SMILES string of the molecule is CCNC(=O)[C@H](C)OC(=O)c1ccc(C)c(S(=O)(=O)Nc2ccc(F)cc2)c1. The van der Waals surface area contributed by atoms with Gasteiger partial charge in [-0.05, 0) is 62.7 Å². The lowest BCUT2D eigenvalue weighted by Crippen LogP contribution is -2.35. The van der Waals surface area contributed by atoms with Crippen LogP contribution in [0.4, 0.5) is 10.1 Å². The third-order valence-corrected chi connectivity index (χ3v) is 5.34. The first-order chi connectivity index (χ1) is 13.1. The number of ether oxygens (including phenoxy) is 1. The number of aryl methyl sites for hydroxylation is 1. The maximum atomic E-state index is 13.0. The number of carbonyl (C=O) groups excluding carboxylic acids is 2. The number of benzene rings is 2. The minimum absolute atomic E-state index is 0.0128. The third-order valence-electron chi connectivity index (χ3n) is 3.81. The molecule has 2 rings (SSSR count). The largest absolute Gasteiger partial charge is 0.449 e. The van der Waals surface area contributed by atoms with Crippen molar-refractivity contribution in [3.05, 3.63) is 59.4 Å². The molecular formula is C19H21FN2O5S. The molecule has 0 aliphatic rings. The number of hydrogen-bond donors (Lipinski definition) is 2. The first-order valence-electron chi connectivity index (χ1n) is 8.51. The fraction of sp³-hybridized carbons (Fsp3) is 0.263. The summed E-state index contributed by atoms with van der Waals surface area (Å²) in [6.45, 7) is 5.12. The van der Waals surface area contributed by atoms with Crippen molar-refractivity contribution in [2.75, 3.05) is 11.3 Å². The van der Waals surface area contributed by atoms with Crippen molar-refractivity contribution in [3.8, 4) is 0 Å². The van der Waals surface area contributed by atoms with Gasteiger partial charge in [0.1, 0.15) is 5.82 Å². The molecule has 0 bridgehead atoms. The highest BCUT2D eigenvalue weighted by atomic mass is 32.2. The quantitative estimate of drug-likeness (QED) is 0.686. The van der Waals surface area contributed by atoms with Crippen LogP contribution in [0.15, 0.2) is 47.4 Å². The Balaban J connectivity index is 2.25. The molecule has 2 aromatic carbocycles. The zero-order chi connectivity index (χ0) is 20.9. The topological polar surface area (TPSA) is 102 Å². The van der Waals surface area contributed by atoms with Gasteiger partial charge in [-0.15, -0.1) is 0 Å². The highest BCUT2D eigenvalue weighted by molar-refractivity contribution is 7.92. The molecule has 0 aliphatic heterocycles. The maximum absolute atomic E-state index is 13.0. The summed E-state index contributed by atoms with van der Waals surface area (Å²) in [7, 11) is -4.03. The Kier molecular flexibility index (Phi) is 6.74. The predicted octanol–water partition coefficient (Wildman–Crippen LogP) is 2.62. The van der Waals surface area contributed by atoms with Crippen molar-refractivity contribution in [1.82, 2.24) is 5.32 Å². The van der Waals surface area contributed by atoms with E-state index in [0.717, 1.165) is 12.1 Å². The lowest BCUT2D eigenvalue weighted by Gasteiger charge is -2.14. The molecule has 0 saturated carbocycles. The summed E-state index contributed by atoms with van der Waals surface area (Å²) < 4.78 is 45.8. The van der Waals surface area contributed by atoms with Gasteiger partial charge in [0.25, 0.3) is 15.9 Å². The first-order valence-corrected chi connectivity index (χ1v) is 10.00. The van der Waals surface area contributed by atoms with E-state index in [1.165, 1.54) is 37.3 Å². The van der Waals surface area contributed by atoms with Crippen molar-refractivity contribution in [3.63, 3.8) is 0 Å². The molecule has 9 heteroatoms. The van der Waals surface area contributed by atoms with Gasteiger partial charge in [0.05, 0.1) is 10.5 Å². The van der Waals surface area contributed by atoms with Crippen molar-refractivity contribution in [2.24, 2.45) is 0 Å². The monoisotopic (exact) mass is 408 g/mol. The average Bonchev–Trinajstić information content (AvgIpc) is 2.63. The maximum Gasteiger partial charge on any atom is 0.338 e. The summed E-state index contributed by atoms with van der Waals surface area (Å²) in [5, 5.41) is 2.53. The van der Waals surface area contributed by atoms with Crippen molar-refractivity contribution < 1.29 is 27.1 Å². The Morgan fingerprint density at radius 1 is 1.14 bits per heavy atom. The number of rotatable bonds is 7. The van der Waals surface area contributed by atoms with E-state index in [1.54, 1.807) is 13.8 Å². The standard InChI is InChI=1S/C19H21FN2O5S/c1-4-21-18(23)13(3)27-19(24)14-6-5-12(2)17(11-14)28(25,26)22-16-9-7-15(20)8-10-16/h5-11,13,22H,4H2,1-3H3,(H,21,23)/t13-/m0/s1. The molecule has 0 aliphatic carbocycles. The summed E-state index contributed by atoms with van der Waals surface area (Å²) in [5.41, 5.74) is 0.572. The zero-order valence-electron chi connectivity index (χ0n) is 15.7. The molecular weight excluding hydrogens is 387 g/mol. The zero-order valence-corrected chi connectivity index (χ0v) is 16.5. The smallest absolute Gasteiger partial charge is 0.338 e. The van der Waals surface area contributed by atoms with E-state index < -0.39 is 33.8 Å². The van der Waals surface area contributed by atoms with Gasteiger partial charge < -0.3 is 10.1 Å². The Morgan fingerprint density at radius 2 is 1.79 bits per heavy atom. The van der Waals surface area contributed by atoms with Crippen LogP contribution in [0, 0.1) is 12.7 Å². The molecule has 0 aromatic heterocycles. The van der Waals surface area contributed by atoms with Crippen LogP contribution in [-0.4, -0.2) is 32.9 Å². The fourth-order valence-electron chi connectivity index (χ4n) is 2.34. The van der Waals surface area contributed by atoms with Crippen LogP contribution in [0.3, 0.4) is 0 Å². The second-order valence-corrected chi connectivity index (χ2v) is 7.69. The van der Waals surface area contributed by atoms with Crippen molar-refractivity contribution in [1.29, 1.82) is 0 Å². The van der Waals surface area contributed by atoms with E-state index in [-0.39, 0.29) is 16.1 Å². The molecule has 1 atom stereocenters. The van der Waals surface area contributed by atoms with Gasteiger partial charge in [-0.1, -0.05) is 6.07 Å². The molecule has 0 spiro atoms. The van der Waals surface area contributed by atoms with Crippen LogP contribution in [0.2, 0.25) is 0 Å². The molecule has 150 valence electrons. The van der Waals surface area contributed by atoms with Gasteiger partial charge in [0.15, 0.2) is 6.10 Å². The molecule has 2 aromatic rings. The molecule has 1 amide bonds. The fourth-order valence-corrected chi connectivity index (χ4v) is 3.68. The molecule has 28 heavy (non-hydrogen) atoms. The van der Waals surface area contributed by atoms with Gasteiger partial charge in [-0.2, -0.15) is 0 Å². The van der Waals surface area contributed by atoms with Crippen LogP contribution >= 0.6 is 0 Å². The van der Waals surface area contributed by atoms with Crippen LogP contribution in [0.5, 0.6) is 0 Å². The van der Waals surface area contributed by atoms with E-state index in [0.29, 0.717) is 12.1 Å². The number of esters is 1. The lowest BCUT2D eigenvalue weighted by atomic mass is 10.1. The van der Waals surface area contributed by atoms with E-state index in [2.05, 4.69) is 10.0 Å². The second-order valence-electron chi connectivity index (χ2n) is 6.03. The minimum atomic E-state index is -4.03. The van der Waals surface area contributed by atoms with Crippen molar-refractivity contribution in [2.45, 2.75) is 31.8 Å². The van der Waals surface area contributed by atoms with E-state index in [4.69, 9.17) is 4.74 Å². The summed E-state index contributed by atoms with van der Waals surface area (Å²) in [6.07, 6.45) is -1.02. The van der Waals surface area contributed by atoms with E-state index in [1.807, 2.05) is 0 Å². The number of nitrogens with one attached hydrogen (secondary N) is 2. The number of anilines is 1. The number of hydrogen-bond acceptors (Lipinski definition) is 5. The van der Waals surface area contributed by atoms with Crippen LogP contribution < -0.4 is 10.0 Å².